The Morgan fingerprint density at radius 1 is 0.800 bits per heavy atom. The zero-order chi connectivity index (χ0) is 31.8. The van der Waals surface area contributed by atoms with Crippen LogP contribution in [0.4, 0.5) is 0 Å². The highest BCUT2D eigenvalue weighted by Gasteiger charge is 2.32. The van der Waals surface area contributed by atoms with Gasteiger partial charge in [-0.15, -0.1) is 0 Å². The van der Waals surface area contributed by atoms with Gasteiger partial charge in [0.05, 0.1) is 4.90 Å². The monoisotopic (exact) mass is 663 g/mol. The molecular weight excluding hydrogens is 629 g/mol. The zero-order valence-corrected chi connectivity index (χ0v) is 27.1. The van der Waals surface area contributed by atoms with Crippen molar-refractivity contribution < 1.29 is 18.0 Å². The Bertz CT molecular complexity index is 1710. The normalized spacial score (nSPS) is 14.2. The fourth-order valence-corrected chi connectivity index (χ4v) is 7.29. The summed E-state index contributed by atoms with van der Waals surface area (Å²) in [5.74, 6) is -0.555. The zero-order valence-electron chi connectivity index (χ0n) is 24.7. The highest BCUT2D eigenvalue weighted by Crippen LogP contribution is 2.27. The molecule has 0 aromatic heterocycles. The van der Waals surface area contributed by atoms with Gasteiger partial charge < -0.3 is 10.2 Å². The van der Waals surface area contributed by atoms with Crippen molar-refractivity contribution in [2.75, 3.05) is 13.1 Å². The van der Waals surface area contributed by atoms with Crippen molar-refractivity contribution in [3.8, 4) is 0 Å². The van der Waals surface area contributed by atoms with Crippen molar-refractivity contribution in [1.82, 2.24) is 14.5 Å². The molecule has 0 bridgehead atoms. The van der Waals surface area contributed by atoms with Crippen molar-refractivity contribution in [1.29, 1.82) is 0 Å². The maximum absolute atomic E-state index is 14.0. The fraction of sp³-hybridized carbons (Fsp3) is 0.257. The lowest BCUT2D eigenvalue weighted by Crippen LogP contribution is -2.43. The molecular formula is C35H35Cl2N3O4S. The van der Waals surface area contributed by atoms with Crippen LogP contribution in [-0.2, 0) is 39.1 Å². The fourth-order valence-electron chi connectivity index (χ4n) is 5.44. The van der Waals surface area contributed by atoms with E-state index in [1.54, 1.807) is 47.4 Å². The SMILES string of the molecule is O=C(NCc1ccccc1Cl)[C@H](c1ccccc1)N(Cc1ccc(Cl)cc1)C(=O)CCc1ccc(S(=O)(=O)N2CCCC2)cc1. The first-order valence-electron chi connectivity index (χ1n) is 14.9. The van der Waals surface area contributed by atoms with Crippen LogP contribution < -0.4 is 5.32 Å². The van der Waals surface area contributed by atoms with Crippen LogP contribution in [0.25, 0.3) is 0 Å². The number of halogens is 2. The van der Waals surface area contributed by atoms with Crippen molar-refractivity contribution in [2.45, 2.75) is 49.7 Å². The van der Waals surface area contributed by atoms with Gasteiger partial charge in [0.1, 0.15) is 6.04 Å². The molecule has 7 nitrogen and oxygen atoms in total. The summed E-state index contributed by atoms with van der Waals surface area (Å²) in [5.41, 5.74) is 3.09. The van der Waals surface area contributed by atoms with E-state index in [4.69, 9.17) is 23.2 Å². The minimum absolute atomic E-state index is 0.118. The van der Waals surface area contributed by atoms with Gasteiger partial charge in [-0.3, -0.25) is 9.59 Å². The van der Waals surface area contributed by atoms with E-state index < -0.39 is 16.1 Å². The largest absolute Gasteiger partial charge is 0.350 e. The van der Waals surface area contributed by atoms with Crippen LogP contribution in [0.2, 0.25) is 10.0 Å². The maximum atomic E-state index is 14.0. The lowest BCUT2D eigenvalue weighted by Gasteiger charge is -2.32. The average molecular weight is 665 g/mol. The smallest absolute Gasteiger partial charge is 0.247 e. The summed E-state index contributed by atoms with van der Waals surface area (Å²) >= 11 is 12.5. The number of nitrogens with zero attached hydrogens (tertiary/aromatic N) is 2. The molecule has 0 aliphatic carbocycles. The molecule has 1 N–H and O–H groups in total. The van der Waals surface area contributed by atoms with E-state index in [2.05, 4.69) is 5.32 Å². The molecule has 234 valence electrons. The van der Waals surface area contributed by atoms with E-state index in [1.165, 1.54) is 4.31 Å². The molecule has 0 radical (unpaired) electrons. The summed E-state index contributed by atoms with van der Waals surface area (Å²) in [5, 5.41) is 4.10. The molecule has 10 heteroatoms. The minimum Gasteiger partial charge on any atom is -0.350 e. The van der Waals surface area contributed by atoms with Gasteiger partial charge in [-0.2, -0.15) is 4.31 Å². The molecule has 1 heterocycles. The Labute approximate surface area is 274 Å². The summed E-state index contributed by atoms with van der Waals surface area (Å²) in [6.07, 6.45) is 2.23. The molecule has 1 atom stereocenters. The highest BCUT2D eigenvalue weighted by molar-refractivity contribution is 7.89. The van der Waals surface area contributed by atoms with E-state index in [0.29, 0.717) is 35.1 Å². The number of carbonyl (C=O) groups is 2. The minimum atomic E-state index is -3.52. The Kier molecular flexibility index (Phi) is 10.9. The van der Waals surface area contributed by atoms with Crippen molar-refractivity contribution >= 4 is 45.0 Å². The molecule has 0 saturated carbocycles. The summed E-state index contributed by atoms with van der Waals surface area (Å²) in [6, 6.07) is 29.5. The van der Waals surface area contributed by atoms with Crippen LogP contribution in [0.1, 0.15) is 47.6 Å². The van der Waals surface area contributed by atoms with Gasteiger partial charge in [0, 0.05) is 42.6 Å². The van der Waals surface area contributed by atoms with Crippen LogP contribution in [0.5, 0.6) is 0 Å². The van der Waals surface area contributed by atoms with E-state index in [1.807, 2.05) is 60.7 Å². The molecule has 1 fully saturated rings. The summed E-state index contributed by atoms with van der Waals surface area (Å²) in [6.45, 7) is 1.47. The molecule has 0 spiro atoms. The van der Waals surface area contributed by atoms with Gasteiger partial charge >= 0.3 is 0 Å². The molecule has 1 saturated heterocycles. The molecule has 45 heavy (non-hydrogen) atoms. The molecule has 5 rings (SSSR count). The van der Waals surface area contributed by atoms with E-state index in [0.717, 1.165) is 29.5 Å². The van der Waals surface area contributed by atoms with Crippen LogP contribution in [0.15, 0.2) is 108 Å². The number of carbonyl (C=O) groups excluding carboxylic acids is 2. The Balaban J connectivity index is 1.38. The number of sulfonamides is 1. The molecule has 4 aromatic rings. The van der Waals surface area contributed by atoms with Crippen LogP contribution in [0.3, 0.4) is 0 Å². The number of rotatable bonds is 12. The quantitative estimate of drug-likeness (QED) is 0.181. The molecule has 1 aliphatic rings. The summed E-state index contributed by atoms with van der Waals surface area (Å²) in [4.78, 5) is 29.8. The highest BCUT2D eigenvalue weighted by atomic mass is 35.5. The van der Waals surface area contributed by atoms with Gasteiger partial charge in [0.15, 0.2) is 0 Å². The van der Waals surface area contributed by atoms with Crippen LogP contribution in [0, 0.1) is 0 Å². The molecule has 0 unspecified atom stereocenters. The predicted octanol–water partition coefficient (Wildman–Crippen LogP) is 6.80. The first-order chi connectivity index (χ1) is 21.7. The Morgan fingerprint density at radius 3 is 2.09 bits per heavy atom. The van der Waals surface area contributed by atoms with Gasteiger partial charge in [-0.05, 0) is 71.8 Å². The summed E-state index contributed by atoms with van der Waals surface area (Å²) < 4.78 is 27.4. The number of benzene rings is 4. The van der Waals surface area contributed by atoms with E-state index in [-0.39, 0.29) is 36.2 Å². The van der Waals surface area contributed by atoms with Gasteiger partial charge in [-0.25, -0.2) is 8.42 Å². The number of aryl methyl sites for hydroxylation is 1. The van der Waals surface area contributed by atoms with Crippen LogP contribution in [-0.4, -0.2) is 42.5 Å². The van der Waals surface area contributed by atoms with E-state index in [9.17, 15) is 18.0 Å². The Morgan fingerprint density at radius 2 is 1.42 bits per heavy atom. The first kappa shape index (κ1) is 32.7. The summed E-state index contributed by atoms with van der Waals surface area (Å²) in [7, 11) is -3.52. The first-order valence-corrected chi connectivity index (χ1v) is 17.1. The molecule has 2 amide bonds. The third-order valence-electron chi connectivity index (χ3n) is 7.93. The van der Waals surface area contributed by atoms with Gasteiger partial charge in [0.25, 0.3) is 0 Å². The standard InChI is InChI=1S/C35H35Cl2N3O4S/c36-30-17-12-27(13-18-30)25-40(33(41)21-16-26-14-19-31(20-15-26)45(43,44)39-22-6-7-23-39)34(28-8-2-1-3-9-28)35(42)38-24-29-10-4-5-11-32(29)37/h1-5,8-15,17-20,34H,6-7,16,21-25H2,(H,38,42)/t34-/m0/s1. The third-order valence-corrected chi connectivity index (χ3v) is 10.5. The number of amides is 2. The van der Waals surface area contributed by atoms with Crippen molar-refractivity contribution in [2.24, 2.45) is 0 Å². The number of hydrogen-bond acceptors (Lipinski definition) is 4. The van der Waals surface area contributed by atoms with Crippen LogP contribution >= 0.6 is 23.2 Å². The van der Waals surface area contributed by atoms with Crippen molar-refractivity contribution in [3.63, 3.8) is 0 Å². The average Bonchev–Trinajstić information content (AvgIpc) is 3.61. The lowest BCUT2D eigenvalue weighted by molar-refractivity contribution is -0.141. The number of nitrogens with one attached hydrogen (secondary N) is 1. The maximum Gasteiger partial charge on any atom is 0.247 e. The second-order valence-electron chi connectivity index (χ2n) is 11.0. The van der Waals surface area contributed by atoms with Gasteiger partial charge in [-0.1, -0.05) is 96.0 Å². The van der Waals surface area contributed by atoms with Crippen molar-refractivity contribution in [3.05, 3.63) is 135 Å². The van der Waals surface area contributed by atoms with Gasteiger partial charge in [0.2, 0.25) is 21.8 Å². The number of hydrogen-bond donors (Lipinski definition) is 1. The second kappa shape index (κ2) is 15.1. The second-order valence-corrected chi connectivity index (χ2v) is 13.8. The molecule has 4 aromatic carbocycles. The third kappa shape index (κ3) is 8.32. The topological polar surface area (TPSA) is 86.8 Å². The Hall–Kier alpha value is -3.69. The predicted molar refractivity (Wildman–Crippen MR) is 177 cm³/mol. The van der Waals surface area contributed by atoms with E-state index >= 15 is 0 Å². The lowest BCUT2D eigenvalue weighted by atomic mass is 10.0. The molecule has 1 aliphatic heterocycles.